The molecule has 1 N–H and O–H groups in total. The van der Waals surface area contributed by atoms with E-state index in [4.69, 9.17) is 34.8 Å². The van der Waals surface area contributed by atoms with Crippen molar-refractivity contribution in [2.45, 2.75) is 0 Å². The van der Waals surface area contributed by atoms with Crippen LogP contribution in [0.1, 0.15) is 15.9 Å². The first-order chi connectivity index (χ1) is 13.0. The van der Waals surface area contributed by atoms with Gasteiger partial charge < -0.3 is 0 Å². The Labute approximate surface area is 170 Å². The lowest BCUT2D eigenvalue weighted by Gasteiger charge is -2.20. The van der Waals surface area contributed by atoms with Crippen LogP contribution in [0.4, 0.5) is 5.69 Å². The first-order valence-corrected chi connectivity index (χ1v) is 9.08. The van der Waals surface area contributed by atoms with Gasteiger partial charge in [-0.15, -0.1) is 23.2 Å². The highest BCUT2D eigenvalue weighted by Gasteiger charge is 2.21. The lowest BCUT2D eigenvalue weighted by atomic mass is 10.0. The van der Waals surface area contributed by atoms with Crippen molar-refractivity contribution < 1.29 is 14.4 Å². The van der Waals surface area contributed by atoms with Crippen molar-refractivity contribution in [1.29, 1.82) is 0 Å². The van der Waals surface area contributed by atoms with E-state index in [9.17, 15) is 14.4 Å². The molecule has 2 amide bonds. The van der Waals surface area contributed by atoms with Gasteiger partial charge in [0.1, 0.15) is 18.1 Å². The number of nitrogens with zero attached hydrogens (tertiary/aromatic N) is 2. The molecule has 0 heterocycles. The van der Waals surface area contributed by atoms with Crippen molar-refractivity contribution >= 4 is 64.4 Å². The Morgan fingerprint density at radius 2 is 1.74 bits per heavy atom. The molecule has 0 bridgehead atoms. The molecule has 0 unspecified atom stereocenters. The fraction of sp³-hybridized carbons (Fsp3) is 0.111. The van der Waals surface area contributed by atoms with Crippen molar-refractivity contribution in [1.82, 2.24) is 5.43 Å². The van der Waals surface area contributed by atoms with Crippen LogP contribution in [0.5, 0.6) is 0 Å². The predicted molar refractivity (Wildman–Crippen MR) is 107 cm³/mol. The number of alkyl halides is 2. The van der Waals surface area contributed by atoms with E-state index in [1.54, 1.807) is 30.3 Å². The Balaban J connectivity index is 2.48. The molecule has 2 aromatic rings. The van der Waals surface area contributed by atoms with Gasteiger partial charge in [-0.2, -0.15) is 5.10 Å². The minimum Gasteiger partial charge on any atom is -0.289 e. The molecule has 0 saturated heterocycles. The summed E-state index contributed by atoms with van der Waals surface area (Å²) in [5, 5.41) is 4.00. The summed E-state index contributed by atoms with van der Waals surface area (Å²) in [5.41, 5.74) is 2.98. The number of carbonyl (C=O) groups is 3. The first-order valence-electron chi connectivity index (χ1n) is 7.63. The number of carbonyl (C=O) groups excluding carboxylic acids is 3. The van der Waals surface area contributed by atoms with Crippen LogP contribution in [-0.2, 0) is 9.59 Å². The molecule has 9 heteroatoms. The third-order valence-corrected chi connectivity index (χ3v) is 4.07. The summed E-state index contributed by atoms with van der Waals surface area (Å²) in [5.74, 6) is -2.09. The average Bonchev–Trinajstić information content (AvgIpc) is 2.70. The van der Waals surface area contributed by atoms with Crippen LogP contribution >= 0.6 is 34.8 Å². The predicted octanol–water partition coefficient (Wildman–Crippen LogP) is 3.44. The molecule has 2 rings (SSSR count). The van der Waals surface area contributed by atoms with Gasteiger partial charge in [0.25, 0.3) is 5.91 Å². The number of anilines is 1. The van der Waals surface area contributed by atoms with E-state index in [0.29, 0.717) is 10.6 Å². The molecule has 27 heavy (non-hydrogen) atoms. The van der Waals surface area contributed by atoms with Crippen molar-refractivity contribution in [2.75, 3.05) is 16.7 Å². The highest BCUT2D eigenvalue weighted by Crippen LogP contribution is 2.26. The molecular formula is C18H14Cl3N3O3. The minimum absolute atomic E-state index is 0.183. The Bertz CT molecular complexity index is 873. The third kappa shape index (κ3) is 5.53. The number of halogens is 3. The Hall–Kier alpha value is -2.41. The van der Waals surface area contributed by atoms with Crippen LogP contribution in [0.2, 0.25) is 5.02 Å². The molecule has 140 valence electrons. The third-order valence-electron chi connectivity index (χ3n) is 3.37. The minimum atomic E-state index is -0.553. The molecule has 0 saturated carbocycles. The van der Waals surface area contributed by atoms with Crippen molar-refractivity contribution in [3.8, 4) is 0 Å². The van der Waals surface area contributed by atoms with E-state index in [-0.39, 0.29) is 28.8 Å². The molecule has 2 aromatic carbocycles. The fourth-order valence-corrected chi connectivity index (χ4v) is 2.52. The van der Waals surface area contributed by atoms with Gasteiger partial charge in [-0.1, -0.05) is 41.9 Å². The zero-order valence-corrected chi connectivity index (χ0v) is 16.1. The van der Waals surface area contributed by atoms with Gasteiger partial charge in [-0.3, -0.25) is 19.3 Å². The SMILES string of the molecule is O=C(CCl)NN=CN(C(=O)CCl)c1ccc(Cl)cc1C(=O)c1ccccc1. The van der Waals surface area contributed by atoms with Crippen LogP contribution in [0.25, 0.3) is 0 Å². The van der Waals surface area contributed by atoms with E-state index < -0.39 is 11.8 Å². The summed E-state index contributed by atoms with van der Waals surface area (Å²) in [6.45, 7) is 0. The van der Waals surface area contributed by atoms with Gasteiger partial charge in [0.2, 0.25) is 5.91 Å². The number of rotatable bonds is 7. The summed E-state index contributed by atoms with van der Waals surface area (Å²) >= 11 is 17.1. The molecule has 0 radical (unpaired) electrons. The maximum Gasteiger partial charge on any atom is 0.255 e. The number of ketones is 1. The van der Waals surface area contributed by atoms with E-state index in [2.05, 4.69) is 10.5 Å². The van der Waals surface area contributed by atoms with Gasteiger partial charge >= 0.3 is 0 Å². The molecule has 0 aromatic heterocycles. The zero-order chi connectivity index (χ0) is 19.8. The van der Waals surface area contributed by atoms with Crippen LogP contribution in [-0.4, -0.2) is 35.7 Å². The quantitative estimate of drug-likeness (QED) is 0.242. The summed E-state index contributed by atoms with van der Waals surface area (Å²) in [6.07, 6.45) is 1.06. The molecule has 0 spiro atoms. The fourth-order valence-electron chi connectivity index (χ4n) is 2.16. The second-order valence-corrected chi connectivity index (χ2v) is 6.14. The van der Waals surface area contributed by atoms with E-state index in [0.717, 1.165) is 11.2 Å². The second-order valence-electron chi connectivity index (χ2n) is 5.17. The van der Waals surface area contributed by atoms with Gasteiger partial charge in [0, 0.05) is 16.1 Å². The molecule has 0 aliphatic carbocycles. The summed E-state index contributed by atoms with van der Waals surface area (Å²) < 4.78 is 0. The number of hydrazone groups is 1. The Kier molecular flexibility index (Phi) is 7.79. The molecule has 0 aliphatic heterocycles. The average molecular weight is 427 g/mol. The van der Waals surface area contributed by atoms with Gasteiger partial charge in [0.05, 0.1) is 5.69 Å². The summed E-state index contributed by atoms with van der Waals surface area (Å²) in [7, 11) is 0. The standard InChI is InChI=1S/C18H14Cl3N3O3/c19-9-16(25)23-22-11-24(17(26)10-20)15-7-6-13(21)8-14(15)18(27)12-4-2-1-3-5-12/h1-8,11H,9-10H2,(H,23,25). The Morgan fingerprint density at radius 1 is 1.04 bits per heavy atom. The van der Waals surface area contributed by atoms with Gasteiger partial charge in [-0.05, 0) is 18.2 Å². The van der Waals surface area contributed by atoms with E-state index in [1.807, 2.05) is 0 Å². The molecule has 6 nitrogen and oxygen atoms in total. The number of nitrogens with one attached hydrogen (secondary N) is 1. The lowest BCUT2D eigenvalue weighted by Crippen LogP contribution is -2.33. The topological polar surface area (TPSA) is 78.8 Å². The van der Waals surface area contributed by atoms with E-state index >= 15 is 0 Å². The normalized spacial score (nSPS) is 10.6. The van der Waals surface area contributed by atoms with Gasteiger partial charge in [-0.25, -0.2) is 5.43 Å². The molecule has 0 fully saturated rings. The molecule has 0 aliphatic rings. The number of hydrogen-bond acceptors (Lipinski definition) is 4. The maximum atomic E-state index is 12.9. The number of benzene rings is 2. The summed E-state index contributed by atoms with van der Waals surface area (Å²) in [4.78, 5) is 37.5. The second kappa shape index (κ2) is 10.1. The zero-order valence-electron chi connectivity index (χ0n) is 13.9. The molecule has 0 atom stereocenters. The van der Waals surface area contributed by atoms with Crippen molar-refractivity contribution in [3.05, 3.63) is 64.7 Å². The smallest absolute Gasteiger partial charge is 0.255 e. The maximum absolute atomic E-state index is 12.9. The largest absolute Gasteiger partial charge is 0.289 e. The summed E-state index contributed by atoms with van der Waals surface area (Å²) in [6, 6.07) is 13.0. The van der Waals surface area contributed by atoms with Crippen molar-refractivity contribution in [3.63, 3.8) is 0 Å². The number of amides is 2. The van der Waals surface area contributed by atoms with Crippen LogP contribution < -0.4 is 10.3 Å². The van der Waals surface area contributed by atoms with Crippen LogP contribution in [0, 0.1) is 0 Å². The monoisotopic (exact) mass is 425 g/mol. The lowest BCUT2D eigenvalue weighted by molar-refractivity contribution is -0.119. The number of hydrogen-bond donors (Lipinski definition) is 1. The van der Waals surface area contributed by atoms with Crippen LogP contribution in [0.3, 0.4) is 0 Å². The highest BCUT2D eigenvalue weighted by molar-refractivity contribution is 6.33. The Morgan fingerprint density at radius 3 is 2.37 bits per heavy atom. The molecular weight excluding hydrogens is 413 g/mol. The highest BCUT2D eigenvalue weighted by atomic mass is 35.5. The van der Waals surface area contributed by atoms with E-state index in [1.165, 1.54) is 18.2 Å². The van der Waals surface area contributed by atoms with Gasteiger partial charge in [0.15, 0.2) is 5.78 Å². The van der Waals surface area contributed by atoms with Crippen molar-refractivity contribution in [2.24, 2.45) is 5.10 Å². The van der Waals surface area contributed by atoms with Crippen LogP contribution in [0.15, 0.2) is 53.6 Å². The first kappa shape index (κ1) is 20.9.